The van der Waals surface area contributed by atoms with E-state index in [1.807, 2.05) is 0 Å². The first kappa shape index (κ1) is 31.8. The van der Waals surface area contributed by atoms with Crippen LogP contribution in [0.25, 0.3) is 0 Å². The molecule has 4 aromatic carbocycles. The van der Waals surface area contributed by atoms with Gasteiger partial charge < -0.3 is 28.1 Å². The van der Waals surface area contributed by atoms with Gasteiger partial charge in [0.15, 0.2) is 0 Å². The first-order valence-corrected chi connectivity index (χ1v) is 16.8. The minimum atomic E-state index is -4.23. The third kappa shape index (κ3) is 8.03. The van der Waals surface area contributed by atoms with E-state index in [1.54, 1.807) is 0 Å². The zero-order valence-electron chi connectivity index (χ0n) is 22.3. The van der Waals surface area contributed by atoms with Gasteiger partial charge in [-0.05, 0) is 97.1 Å². The molecule has 0 aromatic heterocycles. The van der Waals surface area contributed by atoms with Gasteiger partial charge in [0.05, 0.1) is 23.0 Å². The Kier molecular flexibility index (Phi) is 9.93. The highest BCUT2D eigenvalue weighted by molar-refractivity contribution is 7.91. The number of sulfone groups is 1. The highest BCUT2D eigenvalue weighted by Gasteiger charge is 2.22. The maximum atomic E-state index is 13.1. The maximum Gasteiger partial charge on any atom is 0.339 e. The Morgan fingerprint density at radius 2 is 0.698 bits per heavy atom. The fraction of sp³-hybridized carbons (Fsp3) is 0.143. The number of hydrogen-bond acceptors (Lipinski definition) is 12. The van der Waals surface area contributed by atoms with Crippen LogP contribution >= 0.6 is 0 Å². The van der Waals surface area contributed by atoms with E-state index >= 15 is 0 Å². The molecule has 0 atom stereocenters. The number of benzene rings is 4. The molecule has 0 amide bonds. The Morgan fingerprint density at radius 1 is 0.419 bits per heavy atom. The zero-order chi connectivity index (χ0) is 31.1. The third-order valence-electron chi connectivity index (χ3n) is 5.62. The first-order valence-electron chi connectivity index (χ1n) is 12.5. The van der Waals surface area contributed by atoms with Gasteiger partial charge in [-0.2, -0.15) is 16.8 Å². The highest BCUT2D eigenvalue weighted by Crippen LogP contribution is 2.28. The van der Waals surface area contributed by atoms with Gasteiger partial charge in [0.1, 0.15) is 46.0 Å². The maximum absolute atomic E-state index is 13.1. The van der Waals surface area contributed by atoms with Crippen LogP contribution in [0.3, 0.4) is 0 Å². The standard InChI is InChI=1S/C28H26O12S3/c29-17-19-37-21-1-13-27(14-2-21)42(33,34)39-23-5-9-25(10-6-23)41(31,32)26-11-7-24(8-12-26)40-43(35,36)28-15-3-22(4-16-28)38-20-18-30/h1-16,29-30H,17-20H2. The molecule has 0 fully saturated rings. The molecule has 0 heterocycles. The second kappa shape index (κ2) is 13.4. The summed E-state index contributed by atoms with van der Waals surface area (Å²) in [5.74, 6) is 0.475. The van der Waals surface area contributed by atoms with Crippen molar-refractivity contribution in [3.63, 3.8) is 0 Å². The topological polar surface area (TPSA) is 180 Å². The van der Waals surface area contributed by atoms with Crippen molar-refractivity contribution < 1.29 is 53.3 Å². The van der Waals surface area contributed by atoms with Crippen LogP contribution in [0.2, 0.25) is 0 Å². The molecule has 0 saturated heterocycles. The van der Waals surface area contributed by atoms with E-state index < -0.39 is 30.1 Å². The van der Waals surface area contributed by atoms with Gasteiger partial charge in [-0.25, -0.2) is 8.42 Å². The van der Waals surface area contributed by atoms with Crippen molar-refractivity contribution in [3.8, 4) is 23.0 Å². The van der Waals surface area contributed by atoms with E-state index in [0.29, 0.717) is 11.5 Å². The summed E-state index contributed by atoms with van der Waals surface area (Å²) in [4.78, 5) is -0.636. The zero-order valence-corrected chi connectivity index (χ0v) is 24.7. The van der Waals surface area contributed by atoms with Gasteiger partial charge >= 0.3 is 20.2 Å². The molecule has 4 aromatic rings. The Balaban J connectivity index is 1.42. The van der Waals surface area contributed by atoms with Crippen LogP contribution < -0.4 is 17.8 Å². The molecule has 0 radical (unpaired) electrons. The lowest BCUT2D eigenvalue weighted by molar-refractivity contribution is 0.201. The lowest BCUT2D eigenvalue weighted by Gasteiger charge is -2.10. The Labute approximate surface area is 248 Å². The summed E-state index contributed by atoms with van der Waals surface area (Å²) in [5.41, 5.74) is 0. The third-order valence-corrected chi connectivity index (χ3v) is 9.93. The summed E-state index contributed by atoms with van der Waals surface area (Å²) in [6.07, 6.45) is 0. The van der Waals surface area contributed by atoms with E-state index in [0.717, 1.165) is 0 Å². The molecule has 4 rings (SSSR count). The van der Waals surface area contributed by atoms with Gasteiger partial charge in [-0.1, -0.05) is 0 Å². The minimum absolute atomic E-state index is 0.0524. The Bertz CT molecular complexity index is 1700. The van der Waals surface area contributed by atoms with Gasteiger partial charge in [0.25, 0.3) is 0 Å². The average Bonchev–Trinajstić information content (AvgIpc) is 2.99. The van der Waals surface area contributed by atoms with Crippen molar-refractivity contribution in [1.82, 2.24) is 0 Å². The van der Waals surface area contributed by atoms with Crippen LogP contribution in [0.4, 0.5) is 0 Å². The molecular weight excluding hydrogens is 624 g/mol. The van der Waals surface area contributed by atoms with E-state index in [9.17, 15) is 25.3 Å². The van der Waals surface area contributed by atoms with Crippen molar-refractivity contribution >= 4 is 30.1 Å². The van der Waals surface area contributed by atoms with Crippen molar-refractivity contribution in [2.24, 2.45) is 0 Å². The second-order valence-corrected chi connectivity index (χ2v) is 13.7. The molecule has 0 aliphatic rings. The number of aliphatic hydroxyl groups is 2. The molecule has 0 spiro atoms. The van der Waals surface area contributed by atoms with E-state index in [2.05, 4.69) is 0 Å². The monoisotopic (exact) mass is 650 g/mol. The van der Waals surface area contributed by atoms with Crippen molar-refractivity contribution in [1.29, 1.82) is 0 Å². The number of rotatable bonds is 14. The van der Waals surface area contributed by atoms with Crippen LogP contribution in [0.5, 0.6) is 23.0 Å². The summed E-state index contributed by atoms with van der Waals surface area (Å²) < 4.78 is 97.3. The number of ether oxygens (including phenoxy) is 2. The fourth-order valence-electron chi connectivity index (χ4n) is 3.57. The molecule has 15 heteroatoms. The minimum Gasteiger partial charge on any atom is -0.491 e. The molecule has 0 bridgehead atoms. The number of hydrogen-bond donors (Lipinski definition) is 2. The molecule has 0 saturated carbocycles. The van der Waals surface area contributed by atoms with Crippen LogP contribution in [-0.4, -0.2) is 61.9 Å². The van der Waals surface area contributed by atoms with Gasteiger partial charge in [0.2, 0.25) is 9.84 Å². The van der Waals surface area contributed by atoms with Crippen molar-refractivity contribution in [2.75, 3.05) is 26.4 Å². The van der Waals surface area contributed by atoms with E-state index in [-0.39, 0.29) is 57.5 Å². The molecule has 0 aliphatic heterocycles. The second-order valence-electron chi connectivity index (χ2n) is 8.61. The van der Waals surface area contributed by atoms with Crippen molar-refractivity contribution in [3.05, 3.63) is 97.1 Å². The molecular formula is C28H26O12S3. The van der Waals surface area contributed by atoms with E-state index in [1.165, 1.54) is 97.1 Å². The predicted octanol–water partition coefficient (Wildman–Crippen LogP) is 2.80. The van der Waals surface area contributed by atoms with Crippen LogP contribution in [-0.2, 0) is 30.1 Å². The van der Waals surface area contributed by atoms with Gasteiger partial charge in [-0.3, -0.25) is 0 Å². The lowest BCUT2D eigenvalue weighted by atomic mass is 10.3. The summed E-state index contributed by atoms with van der Waals surface area (Å²) in [5, 5.41) is 17.6. The Hall–Kier alpha value is -4.15. The Morgan fingerprint density at radius 3 is 1.00 bits per heavy atom. The molecule has 228 valence electrons. The number of aliphatic hydroxyl groups excluding tert-OH is 2. The summed E-state index contributed by atoms with van der Waals surface area (Å²) in [7, 11) is -12.5. The summed E-state index contributed by atoms with van der Waals surface area (Å²) >= 11 is 0. The fourth-order valence-corrected chi connectivity index (χ4v) is 6.69. The smallest absolute Gasteiger partial charge is 0.339 e. The SMILES string of the molecule is O=S(=O)(Oc1ccc(S(=O)(=O)c2ccc(OS(=O)(=O)c3ccc(OCCO)cc3)cc2)cc1)c1ccc(OCCO)cc1. The summed E-state index contributed by atoms with van der Waals surface area (Å²) in [6.45, 7) is -0.285. The van der Waals surface area contributed by atoms with E-state index in [4.69, 9.17) is 28.1 Å². The molecule has 43 heavy (non-hydrogen) atoms. The normalized spacial score (nSPS) is 12.0. The quantitative estimate of drug-likeness (QED) is 0.191. The molecule has 12 nitrogen and oxygen atoms in total. The van der Waals surface area contributed by atoms with Crippen LogP contribution in [0.1, 0.15) is 0 Å². The van der Waals surface area contributed by atoms with Crippen LogP contribution in [0, 0.1) is 0 Å². The first-order chi connectivity index (χ1) is 20.4. The predicted molar refractivity (Wildman–Crippen MR) is 152 cm³/mol. The highest BCUT2D eigenvalue weighted by atomic mass is 32.2. The molecule has 2 N–H and O–H groups in total. The van der Waals surface area contributed by atoms with Gasteiger partial charge in [0, 0.05) is 0 Å². The molecule has 0 unspecified atom stereocenters. The van der Waals surface area contributed by atoms with Gasteiger partial charge in [-0.15, -0.1) is 0 Å². The summed E-state index contributed by atoms with van der Waals surface area (Å²) in [6, 6.07) is 20.1. The largest absolute Gasteiger partial charge is 0.491 e. The lowest BCUT2D eigenvalue weighted by Crippen LogP contribution is -2.10. The average molecular weight is 651 g/mol. The molecule has 0 aliphatic carbocycles. The van der Waals surface area contributed by atoms with Crippen molar-refractivity contribution in [2.45, 2.75) is 19.6 Å². The van der Waals surface area contributed by atoms with Crippen LogP contribution in [0.15, 0.2) is 117 Å².